The van der Waals surface area contributed by atoms with Crippen molar-refractivity contribution in [2.75, 3.05) is 26.3 Å². The van der Waals surface area contributed by atoms with Crippen molar-refractivity contribution in [2.24, 2.45) is 0 Å². The number of amides is 1. The Morgan fingerprint density at radius 2 is 2.00 bits per heavy atom. The van der Waals surface area contributed by atoms with Crippen LogP contribution in [0.1, 0.15) is 26.2 Å². The smallest absolute Gasteiger partial charge is 0.230 e. The normalized spacial score (nSPS) is 17.5. The number of Topliss-reactive ketones (excluding diaryl/α,β-unsaturated/α-hetero) is 1. The Hall–Kier alpha value is -0.940. The highest BCUT2D eigenvalue weighted by Crippen LogP contribution is 2.14. The zero-order chi connectivity index (χ0) is 12.0. The third-order valence-corrected chi connectivity index (χ3v) is 2.64. The number of aliphatic hydroxyl groups excluding tert-OH is 1. The zero-order valence-corrected chi connectivity index (χ0v) is 9.65. The topological polar surface area (TPSA) is 66.8 Å². The molecular formula is C11H19NO4. The summed E-state index contributed by atoms with van der Waals surface area (Å²) in [6, 6.07) is 0. The van der Waals surface area contributed by atoms with Gasteiger partial charge in [0.15, 0.2) is 0 Å². The van der Waals surface area contributed by atoms with Gasteiger partial charge in [-0.05, 0) is 19.8 Å². The van der Waals surface area contributed by atoms with Crippen LogP contribution >= 0.6 is 0 Å². The van der Waals surface area contributed by atoms with Crippen LogP contribution in [0.3, 0.4) is 0 Å². The number of carbonyl (C=O) groups excluding carboxylic acids is 2. The molecule has 5 nitrogen and oxygen atoms in total. The zero-order valence-electron chi connectivity index (χ0n) is 9.65. The Bertz CT molecular complexity index is 246. The lowest BCUT2D eigenvalue weighted by Crippen LogP contribution is -2.41. The van der Waals surface area contributed by atoms with Crippen LogP contribution in [0.15, 0.2) is 0 Å². The summed E-state index contributed by atoms with van der Waals surface area (Å²) in [5, 5.41) is 8.61. The summed E-state index contributed by atoms with van der Waals surface area (Å²) in [5.74, 6) is -0.184. The quantitative estimate of drug-likeness (QED) is 0.672. The fourth-order valence-corrected chi connectivity index (χ4v) is 1.82. The number of nitrogens with zero attached hydrogens (tertiary/aromatic N) is 1. The van der Waals surface area contributed by atoms with Crippen molar-refractivity contribution in [1.29, 1.82) is 0 Å². The van der Waals surface area contributed by atoms with Gasteiger partial charge >= 0.3 is 0 Å². The van der Waals surface area contributed by atoms with E-state index in [0.717, 1.165) is 12.8 Å². The van der Waals surface area contributed by atoms with Crippen LogP contribution in [0.2, 0.25) is 0 Å². The van der Waals surface area contributed by atoms with Gasteiger partial charge in [0.05, 0.1) is 25.7 Å². The summed E-state index contributed by atoms with van der Waals surface area (Å²) in [5.41, 5.74) is 0. The van der Waals surface area contributed by atoms with Gasteiger partial charge in [-0.25, -0.2) is 0 Å². The minimum atomic E-state index is -0.0938. The van der Waals surface area contributed by atoms with Gasteiger partial charge in [-0.2, -0.15) is 0 Å². The van der Waals surface area contributed by atoms with Gasteiger partial charge in [0.2, 0.25) is 5.91 Å². The van der Waals surface area contributed by atoms with Gasteiger partial charge in [0.25, 0.3) is 0 Å². The molecule has 0 saturated carbocycles. The largest absolute Gasteiger partial charge is 0.394 e. The third-order valence-electron chi connectivity index (χ3n) is 2.64. The van der Waals surface area contributed by atoms with Crippen LogP contribution in [-0.4, -0.2) is 54.1 Å². The Kier molecular flexibility index (Phi) is 5.42. The molecule has 0 aromatic heterocycles. The molecule has 0 unspecified atom stereocenters. The SMILES string of the molecule is CC(=O)CC(=O)N1CCC(OCCO)CC1. The van der Waals surface area contributed by atoms with Crippen LogP contribution in [-0.2, 0) is 14.3 Å². The third kappa shape index (κ3) is 4.28. The molecule has 0 aromatic rings. The Morgan fingerprint density at radius 1 is 1.38 bits per heavy atom. The van der Waals surface area contributed by atoms with Crippen molar-refractivity contribution < 1.29 is 19.4 Å². The van der Waals surface area contributed by atoms with Crippen LogP contribution in [0.25, 0.3) is 0 Å². The summed E-state index contributed by atoms with van der Waals surface area (Å²) >= 11 is 0. The maximum absolute atomic E-state index is 11.6. The molecule has 1 fully saturated rings. The van der Waals surface area contributed by atoms with E-state index in [2.05, 4.69) is 0 Å². The van der Waals surface area contributed by atoms with Crippen LogP contribution in [0.4, 0.5) is 0 Å². The van der Waals surface area contributed by atoms with E-state index in [1.165, 1.54) is 6.92 Å². The van der Waals surface area contributed by atoms with E-state index in [1.54, 1.807) is 4.90 Å². The number of carbonyl (C=O) groups is 2. The number of rotatable bonds is 5. The number of ketones is 1. The van der Waals surface area contributed by atoms with Crippen molar-refractivity contribution in [3.8, 4) is 0 Å². The second-order valence-electron chi connectivity index (χ2n) is 4.05. The summed E-state index contributed by atoms with van der Waals surface area (Å²) in [6.45, 7) is 3.09. The van der Waals surface area contributed by atoms with E-state index in [9.17, 15) is 9.59 Å². The summed E-state index contributed by atoms with van der Waals surface area (Å²) in [4.78, 5) is 24.1. The molecule has 1 aliphatic heterocycles. The van der Waals surface area contributed by atoms with Crippen molar-refractivity contribution >= 4 is 11.7 Å². The average Bonchev–Trinajstić information content (AvgIpc) is 2.26. The highest BCUT2D eigenvalue weighted by atomic mass is 16.5. The molecule has 0 spiro atoms. The first-order valence-electron chi connectivity index (χ1n) is 5.63. The summed E-state index contributed by atoms with van der Waals surface area (Å²) in [6.07, 6.45) is 1.70. The number of likely N-dealkylation sites (tertiary alicyclic amines) is 1. The van der Waals surface area contributed by atoms with E-state index < -0.39 is 0 Å². The predicted octanol–water partition coefficient (Wildman–Crippen LogP) is -0.0346. The molecule has 0 radical (unpaired) electrons. The van der Waals surface area contributed by atoms with Crippen molar-refractivity contribution in [1.82, 2.24) is 4.90 Å². The van der Waals surface area contributed by atoms with E-state index in [0.29, 0.717) is 19.7 Å². The summed E-state index contributed by atoms with van der Waals surface area (Å²) in [7, 11) is 0. The second-order valence-corrected chi connectivity index (χ2v) is 4.05. The number of ether oxygens (including phenoxy) is 1. The van der Waals surface area contributed by atoms with Crippen LogP contribution in [0.5, 0.6) is 0 Å². The van der Waals surface area contributed by atoms with Gasteiger partial charge in [-0.15, -0.1) is 0 Å². The van der Waals surface area contributed by atoms with Gasteiger partial charge in [-0.1, -0.05) is 0 Å². The molecular weight excluding hydrogens is 210 g/mol. The molecule has 1 amide bonds. The number of piperidine rings is 1. The van der Waals surface area contributed by atoms with Crippen molar-refractivity contribution in [2.45, 2.75) is 32.3 Å². The highest BCUT2D eigenvalue weighted by Gasteiger charge is 2.23. The van der Waals surface area contributed by atoms with Crippen molar-refractivity contribution in [3.63, 3.8) is 0 Å². The van der Waals surface area contributed by atoms with E-state index in [4.69, 9.17) is 9.84 Å². The van der Waals surface area contributed by atoms with Gasteiger partial charge in [0, 0.05) is 13.1 Å². The molecule has 0 bridgehead atoms. The lowest BCUT2D eigenvalue weighted by molar-refractivity contribution is -0.137. The lowest BCUT2D eigenvalue weighted by Gasteiger charge is -2.31. The fraction of sp³-hybridized carbons (Fsp3) is 0.818. The first-order chi connectivity index (χ1) is 7.63. The monoisotopic (exact) mass is 229 g/mol. The van der Waals surface area contributed by atoms with Gasteiger partial charge in [-0.3, -0.25) is 9.59 Å². The highest BCUT2D eigenvalue weighted by molar-refractivity contribution is 5.96. The van der Waals surface area contributed by atoms with Crippen LogP contribution < -0.4 is 0 Å². The Morgan fingerprint density at radius 3 is 2.50 bits per heavy atom. The molecule has 0 aliphatic carbocycles. The fourth-order valence-electron chi connectivity index (χ4n) is 1.82. The number of aliphatic hydroxyl groups is 1. The molecule has 1 N–H and O–H groups in total. The molecule has 0 atom stereocenters. The molecule has 16 heavy (non-hydrogen) atoms. The lowest BCUT2D eigenvalue weighted by atomic mass is 10.1. The van der Waals surface area contributed by atoms with Crippen LogP contribution in [0, 0.1) is 0 Å². The first-order valence-corrected chi connectivity index (χ1v) is 5.63. The second kappa shape index (κ2) is 6.60. The number of hydrogen-bond acceptors (Lipinski definition) is 4. The molecule has 92 valence electrons. The maximum Gasteiger partial charge on any atom is 0.230 e. The predicted molar refractivity (Wildman–Crippen MR) is 57.9 cm³/mol. The molecule has 1 aliphatic rings. The first kappa shape index (κ1) is 13.1. The minimum absolute atomic E-state index is 0.00215. The Labute approximate surface area is 95.4 Å². The Balaban J connectivity index is 2.26. The molecule has 5 heteroatoms. The maximum atomic E-state index is 11.6. The number of hydrogen-bond donors (Lipinski definition) is 1. The van der Waals surface area contributed by atoms with E-state index in [1.807, 2.05) is 0 Å². The van der Waals surface area contributed by atoms with E-state index >= 15 is 0 Å². The van der Waals surface area contributed by atoms with E-state index in [-0.39, 0.29) is 30.8 Å². The molecule has 1 saturated heterocycles. The van der Waals surface area contributed by atoms with Gasteiger partial charge in [0.1, 0.15) is 5.78 Å². The minimum Gasteiger partial charge on any atom is -0.394 e. The standard InChI is InChI=1S/C11H19NO4/c1-9(14)8-11(15)12-4-2-10(3-5-12)16-7-6-13/h10,13H,2-8H2,1H3. The summed E-state index contributed by atoms with van der Waals surface area (Å²) < 4.78 is 5.39. The van der Waals surface area contributed by atoms with Gasteiger partial charge < -0.3 is 14.7 Å². The molecule has 1 rings (SSSR count). The molecule has 1 heterocycles. The average molecular weight is 229 g/mol. The van der Waals surface area contributed by atoms with Crippen molar-refractivity contribution in [3.05, 3.63) is 0 Å². The molecule has 0 aromatic carbocycles.